The Morgan fingerprint density at radius 1 is 0.931 bits per heavy atom. The largest absolute Gasteiger partial charge is 0.363 e. The molecule has 0 fully saturated rings. The monoisotopic (exact) mass is 395 g/mol. The van der Waals surface area contributed by atoms with Gasteiger partial charge in [-0.25, -0.2) is 0 Å². The number of amides is 3. The number of nitrogens with one attached hydrogen (secondary N) is 2. The van der Waals surface area contributed by atoms with Crippen LogP contribution >= 0.6 is 0 Å². The van der Waals surface area contributed by atoms with Gasteiger partial charge < -0.3 is 16.4 Å². The standard InChI is InChI=1S/C22H25N3O4/c1-14-7-6-10-17(11-14)12-18(22(29)24-15(2)20(27)21(23)28)25-19(26)13-16-8-4-3-5-9-16/h3-11,15,18H,12-13H2,1-2H3,(H2,23,28)(H,24,29)(H,25,26)/t15?,18-/m0/s1. The highest BCUT2D eigenvalue weighted by Gasteiger charge is 2.26. The molecule has 0 aliphatic heterocycles. The summed E-state index contributed by atoms with van der Waals surface area (Å²) >= 11 is 0. The van der Waals surface area contributed by atoms with Crippen LogP contribution < -0.4 is 16.4 Å². The number of carbonyl (C=O) groups is 4. The van der Waals surface area contributed by atoms with Crippen LogP contribution in [-0.2, 0) is 32.0 Å². The number of benzene rings is 2. The first-order valence-corrected chi connectivity index (χ1v) is 9.29. The lowest BCUT2D eigenvalue weighted by molar-refractivity contribution is -0.138. The maximum Gasteiger partial charge on any atom is 0.287 e. The number of ketones is 1. The number of hydrogen-bond acceptors (Lipinski definition) is 4. The average Bonchev–Trinajstić information content (AvgIpc) is 2.67. The Kier molecular flexibility index (Phi) is 7.65. The Balaban J connectivity index is 2.13. The molecule has 152 valence electrons. The number of Topliss-reactive ketones (excluding diaryl/α,β-unsaturated/α-hetero) is 1. The molecule has 0 saturated heterocycles. The maximum atomic E-state index is 12.7. The van der Waals surface area contributed by atoms with Gasteiger partial charge in [-0.2, -0.15) is 0 Å². The van der Waals surface area contributed by atoms with Gasteiger partial charge in [0.1, 0.15) is 6.04 Å². The molecule has 0 saturated carbocycles. The lowest BCUT2D eigenvalue weighted by Gasteiger charge is -2.21. The van der Waals surface area contributed by atoms with Crippen molar-refractivity contribution in [3.05, 3.63) is 71.3 Å². The summed E-state index contributed by atoms with van der Waals surface area (Å²) in [6.45, 7) is 3.31. The predicted octanol–water partition coefficient (Wildman–Crippen LogP) is 0.824. The highest BCUT2D eigenvalue weighted by atomic mass is 16.2. The summed E-state index contributed by atoms with van der Waals surface area (Å²) in [5.74, 6) is -2.91. The van der Waals surface area contributed by atoms with Crippen LogP contribution in [0.2, 0.25) is 0 Å². The smallest absolute Gasteiger partial charge is 0.287 e. The molecular weight excluding hydrogens is 370 g/mol. The van der Waals surface area contributed by atoms with Crippen LogP contribution in [0, 0.1) is 6.92 Å². The molecule has 2 atom stereocenters. The number of rotatable bonds is 9. The van der Waals surface area contributed by atoms with Crippen molar-refractivity contribution in [2.75, 3.05) is 0 Å². The number of aryl methyl sites for hydroxylation is 1. The Labute approximate surface area is 169 Å². The number of primary amides is 1. The quantitative estimate of drug-likeness (QED) is 0.545. The molecule has 0 heterocycles. The molecule has 0 bridgehead atoms. The van der Waals surface area contributed by atoms with Crippen molar-refractivity contribution in [2.45, 2.75) is 38.8 Å². The van der Waals surface area contributed by atoms with Crippen molar-refractivity contribution in [1.29, 1.82) is 0 Å². The summed E-state index contributed by atoms with van der Waals surface area (Å²) in [5, 5.41) is 5.19. The van der Waals surface area contributed by atoms with Crippen LogP contribution in [0.3, 0.4) is 0 Å². The number of hydrogen-bond donors (Lipinski definition) is 3. The first-order chi connectivity index (χ1) is 13.8. The van der Waals surface area contributed by atoms with Crippen molar-refractivity contribution < 1.29 is 19.2 Å². The van der Waals surface area contributed by atoms with E-state index in [1.54, 1.807) is 0 Å². The zero-order valence-electron chi connectivity index (χ0n) is 16.5. The van der Waals surface area contributed by atoms with Gasteiger partial charge in [0.05, 0.1) is 12.5 Å². The fourth-order valence-corrected chi connectivity index (χ4v) is 2.90. The Morgan fingerprint density at radius 3 is 2.21 bits per heavy atom. The summed E-state index contributed by atoms with van der Waals surface area (Å²) in [6, 6.07) is 14.7. The second-order valence-corrected chi connectivity index (χ2v) is 6.93. The van der Waals surface area contributed by atoms with Crippen LogP contribution in [-0.4, -0.2) is 35.6 Å². The molecule has 29 heavy (non-hydrogen) atoms. The Hall–Kier alpha value is -3.48. The van der Waals surface area contributed by atoms with Gasteiger partial charge in [0.2, 0.25) is 17.6 Å². The molecule has 1 unspecified atom stereocenters. The van der Waals surface area contributed by atoms with Gasteiger partial charge >= 0.3 is 0 Å². The second-order valence-electron chi connectivity index (χ2n) is 6.93. The van der Waals surface area contributed by atoms with Crippen molar-refractivity contribution >= 4 is 23.5 Å². The molecule has 4 N–H and O–H groups in total. The summed E-state index contributed by atoms with van der Waals surface area (Å²) in [6.07, 6.45) is 0.361. The average molecular weight is 395 g/mol. The van der Waals surface area contributed by atoms with Crippen molar-refractivity contribution in [3.8, 4) is 0 Å². The predicted molar refractivity (Wildman–Crippen MR) is 109 cm³/mol. The van der Waals surface area contributed by atoms with Gasteiger partial charge in [0, 0.05) is 6.42 Å². The molecular formula is C22H25N3O4. The first kappa shape index (κ1) is 21.8. The third-order valence-electron chi connectivity index (χ3n) is 4.38. The van der Waals surface area contributed by atoms with Gasteiger partial charge in [-0.3, -0.25) is 19.2 Å². The minimum atomic E-state index is -1.12. The fourth-order valence-electron chi connectivity index (χ4n) is 2.90. The zero-order valence-corrected chi connectivity index (χ0v) is 16.5. The summed E-state index contributed by atoms with van der Waals surface area (Å²) in [5.41, 5.74) is 7.69. The van der Waals surface area contributed by atoms with Gasteiger partial charge in [-0.15, -0.1) is 0 Å². The lowest BCUT2D eigenvalue weighted by Crippen LogP contribution is -2.53. The highest BCUT2D eigenvalue weighted by molar-refractivity contribution is 6.37. The minimum absolute atomic E-state index is 0.119. The molecule has 0 aromatic heterocycles. The summed E-state index contributed by atoms with van der Waals surface area (Å²) < 4.78 is 0. The topological polar surface area (TPSA) is 118 Å². The molecule has 0 spiro atoms. The fraction of sp³-hybridized carbons (Fsp3) is 0.273. The maximum absolute atomic E-state index is 12.7. The van der Waals surface area contributed by atoms with Crippen LogP contribution in [0.1, 0.15) is 23.6 Å². The molecule has 0 radical (unpaired) electrons. The Bertz CT molecular complexity index is 896. The van der Waals surface area contributed by atoms with E-state index in [0.717, 1.165) is 16.7 Å². The van der Waals surface area contributed by atoms with Crippen LogP contribution in [0.4, 0.5) is 0 Å². The van der Waals surface area contributed by atoms with E-state index in [1.807, 2.05) is 61.5 Å². The SMILES string of the molecule is Cc1cccc(C[C@H](NC(=O)Cc2ccccc2)C(=O)NC(C)C(=O)C(N)=O)c1. The zero-order chi connectivity index (χ0) is 21.4. The molecule has 7 heteroatoms. The molecule has 2 aromatic carbocycles. The van der Waals surface area contributed by atoms with E-state index < -0.39 is 29.7 Å². The van der Waals surface area contributed by atoms with Gasteiger partial charge in [-0.1, -0.05) is 60.2 Å². The normalized spacial score (nSPS) is 12.5. The van der Waals surface area contributed by atoms with Crippen LogP contribution in [0.15, 0.2) is 54.6 Å². The summed E-state index contributed by atoms with van der Waals surface area (Å²) in [7, 11) is 0. The highest BCUT2D eigenvalue weighted by Crippen LogP contribution is 2.08. The van der Waals surface area contributed by atoms with Crippen LogP contribution in [0.5, 0.6) is 0 Å². The molecule has 0 aliphatic carbocycles. The molecule has 2 rings (SSSR count). The van der Waals surface area contributed by atoms with Gasteiger partial charge in [-0.05, 0) is 25.0 Å². The van der Waals surface area contributed by atoms with Crippen LogP contribution in [0.25, 0.3) is 0 Å². The molecule has 2 aromatic rings. The van der Waals surface area contributed by atoms with Gasteiger partial charge in [0.25, 0.3) is 5.91 Å². The van der Waals surface area contributed by atoms with Gasteiger partial charge in [0.15, 0.2) is 0 Å². The molecule has 3 amide bonds. The van der Waals surface area contributed by atoms with E-state index in [4.69, 9.17) is 5.73 Å². The lowest BCUT2D eigenvalue weighted by atomic mass is 10.0. The van der Waals surface area contributed by atoms with E-state index in [2.05, 4.69) is 10.6 Å². The van der Waals surface area contributed by atoms with E-state index in [-0.39, 0.29) is 18.7 Å². The second kappa shape index (κ2) is 10.2. The molecule has 0 aliphatic rings. The van der Waals surface area contributed by atoms with E-state index in [1.165, 1.54) is 6.92 Å². The van der Waals surface area contributed by atoms with Crippen molar-refractivity contribution in [2.24, 2.45) is 5.73 Å². The third kappa shape index (κ3) is 6.88. The number of carbonyl (C=O) groups excluding carboxylic acids is 4. The first-order valence-electron chi connectivity index (χ1n) is 9.29. The minimum Gasteiger partial charge on any atom is -0.363 e. The van der Waals surface area contributed by atoms with Crippen molar-refractivity contribution in [1.82, 2.24) is 10.6 Å². The third-order valence-corrected chi connectivity index (χ3v) is 4.38. The van der Waals surface area contributed by atoms with E-state index in [9.17, 15) is 19.2 Å². The number of nitrogens with two attached hydrogens (primary N) is 1. The van der Waals surface area contributed by atoms with E-state index in [0.29, 0.717) is 0 Å². The molecule has 7 nitrogen and oxygen atoms in total. The summed E-state index contributed by atoms with van der Waals surface area (Å²) in [4.78, 5) is 48.0. The Morgan fingerprint density at radius 2 is 1.59 bits per heavy atom. The van der Waals surface area contributed by atoms with E-state index >= 15 is 0 Å². The van der Waals surface area contributed by atoms with Crippen molar-refractivity contribution in [3.63, 3.8) is 0 Å².